The zero-order chi connectivity index (χ0) is 23.0. The van der Waals surface area contributed by atoms with Gasteiger partial charge in [0.05, 0.1) is 30.0 Å². The molecular weight excluding hydrogens is 455 g/mol. The fourth-order valence-electron chi connectivity index (χ4n) is 4.09. The van der Waals surface area contributed by atoms with Crippen molar-refractivity contribution in [3.8, 4) is 10.7 Å². The number of ether oxygens (including phenoxy) is 1. The van der Waals surface area contributed by atoms with Crippen molar-refractivity contribution in [3.63, 3.8) is 0 Å². The van der Waals surface area contributed by atoms with Crippen LogP contribution < -0.4 is 10.7 Å². The molecule has 11 heteroatoms. The Hall–Kier alpha value is -2.50. The number of anilines is 1. The number of aromatic amines is 1. The Labute approximate surface area is 192 Å². The van der Waals surface area contributed by atoms with Crippen LogP contribution in [0, 0.1) is 0 Å². The van der Waals surface area contributed by atoms with E-state index in [1.54, 1.807) is 6.07 Å². The van der Waals surface area contributed by atoms with Crippen molar-refractivity contribution >= 4 is 27.4 Å². The summed E-state index contributed by atoms with van der Waals surface area (Å²) in [4.78, 5) is 17.9. The molecule has 1 aliphatic carbocycles. The lowest BCUT2D eigenvalue weighted by Gasteiger charge is -2.26. The summed E-state index contributed by atoms with van der Waals surface area (Å²) in [6.45, 7) is 5.02. The van der Waals surface area contributed by atoms with E-state index in [-0.39, 0.29) is 22.5 Å². The van der Waals surface area contributed by atoms with E-state index in [4.69, 9.17) is 4.74 Å². The first-order chi connectivity index (χ1) is 15.9. The Bertz CT molecular complexity index is 1200. The Kier molecular flexibility index (Phi) is 6.11. The summed E-state index contributed by atoms with van der Waals surface area (Å²) in [5.74, 6) is 0.106. The molecular formula is C22H24F3N5O2S. The average molecular weight is 480 g/mol. The van der Waals surface area contributed by atoms with E-state index in [1.165, 1.54) is 23.5 Å². The van der Waals surface area contributed by atoms with Crippen LogP contribution in [0.25, 0.3) is 21.6 Å². The van der Waals surface area contributed by atoms with Gasteiger partial charge in [-0.15, -0.1) is 10.2 Å². The number of aromatic nitrogens is 3. The lowest BCUT2D eigenvalue weighted by atomic mass is 10.0. The first-order valence-corrected chi connectivity index (χ1v) is 11.9. The summed E-state index contributed by atoms with van der Waals surface area (Å²) in [6, 6.07) is 4.07. The molecule has 1 saturated carbocycles. The third-order valence-electron chi connectivity index (χ3n) is 6.00. The maximum absolute atomic E-state index is 13.8. The van der Waals surface area contributed by atoms with Gasteiger partial charge >= 0.3 is 6.18 Å². The molecule has 1 aromatic carbocycles. The van der Waals surface area contributed by atoms with E-state index in [9.17, 15) is 18.0 Å². The van der Waals surface area contributed by atoms with Crippen LogP contribution in [0.5, 0.6) is 0 Å². The van der Waals surface area contributed by atoms with Gasteiger partial charge in [0.25, 0.3) is 0 Å². The molecule has 0 amide bonds. The summed E-state index contributed by atoms with van der Waals surface area (Å²) in [7, 11) is 0. The van der Waals surface area contributed by atoms with Gasteiger partial charge < -0.3 is 15.0 Å². The topological polar surface area (TPSA) is 83.1 Å². The number of nitrogens with one attached hydrogen (secondary N) is 2. The van der Waals surface area contributed by atoms with Gasteiger partial charge in [-0.1, -0.05) is 11.3 Å². The molecule has 0 spiro atoms. The number of hydrogen-bond acceptors (Lipinski definition) is 7. The lowest BCUT2D eigenvalue weighted by molar-refractivity contribution is -0.136. The minimum absolute atomic E-state index is 0.0569. The molecule has 2 N–H and O–H groups in total. The predicted octanol–water partition coefficient (Wildman–Crippen LogP) is 4.08. The van der Waals surface area contributed by atoms with Gasteiger partial charge in [0, 0.05) is 31.1 Å². The van der Waals surface area contributed by atoms with Crippen LogP contribution in [-0.2, 0) is 10.9 Å². The molecule has 1 saturated heterocycles. The molecule has 0 radical (unpaired) electrons. The number of fused-ring (bicyclic) bond motifs is 1. The summed E-state index contributed by atoms with van der Waals surface area (Å²) in [5, 5.41) is 12.3. The number of pyridine rings is 1. The minimum atomic E-state index is -4.57. The van der Waals surface area contributed by atoms with E-state index >= 15 is 0 Å². The van der Waals surface area contributed by atoms with Crippen LogP contribution in [0.2, 0.25) is 0 Å². The molecule has 0 atom stereocenters. The van der Waals surface area contributed by atoms with Crippen molar-refractivity contribution in [2.75, 3.05) is 44.7 Å². The maximum atomic E-state index is 13.8. The molecule has 3 aromatic rings. The van der Waals surface area contributed by atoms with Crippen LogP contribution in [0.4, 0.5) is 18.3 Å². The lowest BCUT2D eigenvalue weighted by Crippen LogP contribution is -2.37. The van der Waals surface area contributed by atoms with Gasteiger partial charge in [0.15, 0.2) is 10.4 Å². The molecule has 176 valence electrons. The Morgan fingerprint density at radius 2 is 1.97 bits per heavy atom. The second-order valence-corrected chi connectivity index (χ2v) is 9.43. The SMILES string of the molecule is O=c1cc(-c2nnc(NCCCN3CCOCC3)s2)[nH]c2c(C(F)(F)F)cc(C3CC3)cc12. The fourth-order valence-corrected chi connectivity index (χ4v) is 4.83. The van der Waals surface area contributed by atoms with E-state index in [0.717, 1.165) is 52.1 Å². The van der Waals surface area contributed by atoms with Gasteiger partial charge in [-0.2, -0.15) is 13.2 Å². The largest absolute Gasteiger partial charge is 0.418 e. The maximum Gasteiger partial charge on any atom is 0.418 e. The molecule has 2 aliphatic rings. The highest BCUT2D eigenvalue weighted by Gasteiger charge is 2.36. The van der Waals surface area contributed by atoms with Gasteiger partial charge in [0.2, 0.25) is 5.13 Å². The number of alkyl halides is 3. The average Bonchev–Trinajstić information content (AvgIpc) is 3.54. The zero-order valence-electron chi connectivity index (χ0n) is 17.9. The number of H-pyrrole nitrogens is 1. The standard InChI is InChI=1S/C22H24F3N5O2S/c23-22(24,25)16-11-14(13-2-3-13)10-15-18(31)12-17(27-19(15)16)20-28-29-21(33-20)26-4-1-5-30-6-8-32-9-7-30/h10-13H,1-9H2,(H,26,29)(H,27,31). The van der Waals surface area contributed by atoms with Crippen molar-refractivity contribution in [1.82, 2.24) is 20.1 Å². The summed E-state index contributed by atoms with van der Waals surface area (Å²) >= 11 is 1.20. The molecule has 0 bridgehead atoms. The molecule has 7 nitrogen and oxygen atoms in total. The quantitative estimate of drug-likeness (QED) is 0.497. The van der Waals surface area contributed by atoms with Crippen LogP contribution in [-0.4, -0.2) is 59.5 Å². The van der Waals surface area contributed by atoms with Crippen molar-refractivity contribution in [3.05, 3.63) is 39.5 Å². The van der Waals surface area contributed by atoms with Crippen molar-refractivity contribution < 1.29 is 17.9 Å². The van der Waals surface area contributed by atoms with Gasteiger partial charge in [-0.25, -0.2) is 0 Å². The third-order valence-corrected chi connectivity index (χ3v) is 6.92. The van der Waals surface area contributed by atoms with E-state index in [0.29, 0.717) is 22.2 Å². The monoisotopic (exact) mass is 479 g/mol. The van der Waals surface area contributed by atoms with Crippen LogP contribution in [0.3, 0.4) is 0 Å². The number of rotatable bonds is 7. The molecule has 1 aliphatic heterocycles. The number of morpholine rings is 1. The number of halogens is 3. The Morgan fingerprint density at radius 3 is 2.70 bits per heavy atom. The van der Waals surface area contributed by atoms with Crippen molar-refractivity contribution in [1.29, 1.82) is 0 Å². The Balaban J connectivity index is 1.35. The first kappa shape index (κ1) is 22.3. The van der Waals surface area contributed by atoms with Gasteiger partial charge in [-0.3, -0.25) is 9.69 Å². The molecule has 33 heavy (non-hydrogen) atoms. The zero-order valence-corrected chi connectivity index (χ0v) is 18.7. The smallest absolute Gasteiger partial charge is 0.379 e. The molecule has 5 rings (SSSR count). The third kappa shape index (κ3) is 5.04. The number of benzene rings is 1. The highest BCUT2D eigenvalue weighted by molar-refractivity contribution is 7.18. The Morgan fingerprint density at radius 1 is 1.18 bits per heavy atom. The fraction of sp³-hybridized carbons (Fsp3) is 0.500. The molecule has 2 aromatic heterocycles. The molecule has 2 fully saturated rings. The van der Waals surface area contributed by atoms with Crippen LogP contribution in [0.15, 0.2) is 23.0 Å². The summed E-state index contributed by atoms with van der Waals surface area (Å²) in [5.41, 5.74) is -0.665. The minimum Gasteiger partial charge on any atom is -0.379 e. The number of nitrogens with zero attached hydrogens (tertiary/aromatic N) is 3. The normalized spacial score (nSPS) is 17.5. The second kappa shape index (κ2) is 9.03. The first-order valence-electron chi connectivity index (χ1n) is 11.0. The van der Waals surface area contributed by atoms with Gasteiger partial charge in [0.1, 0.15) is 0 Å². The highest BCUT2D eigenvalue weighted by Crippen LogP contribution is 2.44. The molecule has 0 unspecified atom stereocenters. The number of hydrogen-bond donors (Lipinski definition) is 2. The van der Waals surface area contributed by atoms with E-state index < -0.39 is 17.2 Å². The van der Waals surface area contributed by atoms with Gasteiger partial charge in [-0.05, 0) is 49.4 Å². The second-order valence-electron chi connectivity index (χ2n) is 8.46. The van der Waals surface area contributed by atoms with Crippen LogP contribution in [0.1, 0.15) is 36.3 Å². The highest BCUT2D eigenvalue weighted by atomic mass is 32.1. The van der Waals surface area contributed by atoms with Crippen molar-refractivity contribution in [2.45, 2.75) is 31.4 Å². The van der Waals surface area contributed by atoms with Crippen LogP contribution >= 0.6 is 11.3 Å². The summed E-state index contributed by atoms with van der Waals surface area (Å²) < 4.78 is 46.7. The summed E-state index contributed by atoms with van der Waals surface area (Å²) in [6.07, 6.45) is -1.95. The molecule has 3 heterocycles. The van der Waals surface area contributed by atoms with E-state index in [2.05, 4.69) is 25.4 Å². The predicted molar refractivity (Wildman–Crippen MR) is 121 cm³/mol. The van der Waals surface area contributed by atoms with Crippen molar-refractivity contribution in [2.24, 2.45) is 0 Å². The van der Waals surface area contributed by atoms with E-state index in [1.807, 2.05) is 0 Å².